The number of amides is 1. The summed E-state index contributed by atoms with van der Waals surface area (Å²) in [5, 5.41) is 17.4. The third-order valence-corrected chi connectivity index (χ3v) is 6.33. The van der Waals surface area contributed by atoms with E-state index < -0.39 is 5.91 Å². The maximum Gasteiger partial charge on any atom is 0.266 e. The van der Waals surface area contributed by atoms with Crippen LogP contribution >= 0.6 is 0 Å². The van der Waals surface area contributed by atoms with Crippen LogP contribution in [0.25, 0.3) is 23.0 Å². The van der Waals surface area contributed by atoms with Crippen LogP contribution in [0.1, 0.15) is 18.1 Å². The summed E-state index contributed by atoms with van der Waals surface area (Å²) in [7, 11) is 0. The zero-order chi connectivity index (χ0) is 29.3. The number of hydrogen-bond acceptors (Lipinski definition) is 5. The predicted molar refractivity (Wildman–Crippen MR) is 160 cm³/mol. The number of anilines is 1. The van der Waals surface area contributed by atoms with Crippen LogP contribution in [0.2, 0.25) is 0 Å². The van der Waals surface area contributed by atoms with Crippen LogP contribution in [0.5, 0.6) is 11.5 Å². The fourth-order valence-corrected chi connectivity index (χ4v) is 4.22. The number of ether oxygens (including phenoxy) is 2. The molecular weight excluding hydrogens is 531 g/mol. The molecule has 0 aliphatic heterocycles. The van der Waals surface area contributed by atoms with Gasteiger partial charge in [-0.15, -0.1) is 0 Å². The molecule has 4 aromatic carbocycles. The van der Waals surface area contributed by atoms with Gasteiger partial charge in [0, 0.05) is 28.6 Å². The Morgan fingerprint density at radius 1 is 0.929 bits per heavy atom. The van der Waals surface area contributed by atoms with Crippen LogP contribution in [-0.2, 0) is 11.4 Å². The molecule has 1 amide bonds. The van der Waals surface area contributed by atoms with Crippen molar-refractivity contribution >= 4 is 17.7 Å². The van der Waals surface area contributed by atoms with Gasteiger partial charge in [0.25, 0.3) is 5.91 Å². The summed E-state index contributed by atoms with van der Waals surface area (Å²) < 4.78 is 26.9. The first-order valence-corrected chi connectivity index (χ1v) is 13.3. The number of nitriles is 1. The number of nitrogens with zero attached hydrogens (tertiary/aromatic N) is 3. The van der Waals surface area contributed by atoms with E-state index in [9.17, 15) is 14.4 Å². The standard InChI is InChI=1S/C34H27FN4O3/c1-2-41-30-18-14-28(15-19-30)37-34(40)26(21-36)20-27-22-39(29-9-4-3-5-10-29)38-33(27)24-12-16-31(17-13-24)42-23-25-8-6-7-11-32(25)35/h3-20,22H,2,23H2,1H3,(H,37,40). The van der Waals surface area contributed by atoms with E-state index in [-0.39, 0.29) is 18.0 Å². The maximum atomic E-state index is 14.0. The molecule has 0 aliphatic rings. The summed E-state index contributed by atoms with van der Waals surface area (Å²) in [5.41, 5.74) is 3.64. The molecule has 1 N–H and O–H groups in total. The fraction of sp³-hybridized carbons (Fsp3) is 0.0882. The van der Waals surface area contributed by atoms with Crippen molar-refractivity contribution in [1.82, 2.24) is 9.78 Å². The van der Waals surface area contributed by atoms with Crippen molar-refractivity contribution in [2.45, 2.75) is 13.5 Å². The van der Waals surface area contributed by atoms with Crippen molar-refractivity contribution in [1.29, 1.82) is 5.26 Å². The van der Waals surface area contributed by atoms with Crippen molar-refractivity contribution in [2.75, 3.05) is 11.9 Å². The minimum Gasteiger partial charge on any atom is -0.494 e. The lowest BCUT2D eigenvalue weighted by molar-refractivity contribution is -0.112. The molecule has 0 radical (unpaired) electrons. The summed E-state index contributed by atoms with van der Waals surface area (Å²) in [6, 6.07) is 32.2. The Hall–Kier alpha value is -5.68. The molecule has 42 heavy (non-hydrogen) atoms. The van der Waals surface area contributed by atoms with Gasteiger partial charge in [-0.25, -0.2) is 9.07 Å². The van der Waals surface area contributed by atoms with E-state index in [1.165, 1.54) is 12.1 Å². The second-order valence-electron chi connectivity index (χ2n) is 9.20. The first-order chi connectivity index (χ1) is 20.5. The third kappa shape index (κ3) is 6.72. The summed E-state index contributed by atoms with van der Waals surface area (Å²) in [5.74, 6) is 0.385. The number of nitrogens with one attached hydrogen (secondary N) is 1. The molecule has 5 rings (SSSR count). The maximum absolute atomic E-state index is 14.0. The van der Waals surface area contributed by atoms with Crippen molar-refractivity contribution in [3.05, 3.63) is 132 Å². The van der Waals surface area contributed by atoms with E-state index >= 15 is 0 Å². The Morgan fingerprint density at radius 2 is 1.60 bits per heavy atom. The normalized spacial score (nSPS) is 11.0. The monoisotopic (exact) mass is 558 g/mol. The van der Waals surface area contributed by atoms with Gasteiger partial charge in [0.2, 0.25) is 0 Å². The van der Waals surface area contributed by atoms with Gasteiger partial charge >= 0.3 is 0 Å². The zero-order valence-corrected chi connectivity index (χ0v) is 22.8. The highest BCUT2D eigenvalue weighted by atomic mass is 19.1. The van der Waals surface area contributed by atoms with Gasteiger partial charge in [0.1, 0.15) is 35.6 Å². The molecule has 0 saturated heterocycles. The average Bonchev–Trinajstić information content (AvgIpc) is 3.45. The summed E-state index contributed by atoms with van der Waals surface area (Å²) in [6.07, 6.45) is 3.29. The summed E-state index contributed by atoms with van der Waals surface area (Å²) in [4.78, 5) is 13.0. The largest absolute Gasteiger partial charge is 0.494 e. The number of rotatable bonds is 10. The number of para-hydroxylation sites is 1. The van der Waals surface area contributed by atoms with E-state index in [0.29, 0.717) is 40.6 Å². The Labute approximate surface area is 243 Å². The highest BCUT2D eigenvalue weighted by Crippen LogP contribution is 2.28. The van der Waals surface area contributed by atoms with E-state index in [4.69, 9.17) is 14.6 Å². The molecule has 8 heteroatoms. The van der Waals surface area contributed by atoms with Crippen LogP contribution in [-0.4, -0.2) is 22.3 Å². The van der Waals surface area contributed by atoms with Crippen molar-refractivity contribution < 1.29 is 18.7 Å². The molecule has 0 spiro atoms. The predicted octanol–water partition coefficient (Wildman–Crippen LogP) is 7.20. The highest BCUT2D eigenvalue weighted by molar-refractivity contribution is 6.10. The van der Waals surface area contributed by atoms with Crippen LogP contribution in [0.3, 0.4) is 0 Å². The third-order valence-electron chi connectivity index (χ3n) is 6.33. The Balaban J connectivity index is 1.42. The molecule has 5 aromatic rings. The fourth-order valence-electron chi connectivity index (χ4n) is 4.22. The van der Waals surface area contributed by atoms with Crippen LogP contribution in [0.15, 0.2) is 115 Å². The highest BCUT2D eigenvalue weighted by Gasteiger charge is 2.16. The number of halogens is 1. The number of hydrogen-bond donors (Lipinski definition) is 1. The topological polar surface area (TPSA) is 89.2 Å². The van der Waals surface area contributed by atoms with E-state index in [0.717, 1.165) is 11.3 Å². The average molecular weight is 559 g/mol. The second kappa shape index (κ2) is 13.1. The van der Waals surface area contributed by atoms with Gasteiger partial charge in [-0.05, 0) is 79.7 Å². The molecule has 1 heterocycles. The van der Waals surface area contributed by atoms with Crippen molar-refractivity contribution in [3.8, 4) is 34.5 Å². The van der Waals surface area contributed by atoms with Gasteiger partial charge < -0.3 is 14.8 Å². The molecule has 1 aromatic heterocycles. The lowest BCUT2D eigenvalue weighted by atomic mass is 10.1. The van der Waals surface area contributed by atoms with E-state index in [2.05, 4.69) is 5.32 Å². The molecular formula is C34H27FN4O3. The molecule has 0 atom stereocenters. The quantitative estimate of drug-likeness (QED) is 0.145. The lowest BCUT2D eigenvalue weighted by Gasteiger charge is -2.08. The molecule has 7 nitrogen and oxygen atoms in total. The van der Waals surface area contributed by atoms with Gasteiger partial charge in [0.05, 0.1) is 18.0 Å². The number of benzene rings is 4. The SMILES string of the molecule is CCOc1ccc(NC(=O)C(C#N)=Cc2cn(-c3ccccc3)nc2-c2ccc(OCc3ccccc3F)cc2)cc1. The smallest absolute Gasteiger partial charge is 0.266 e. The molecule has 0 fully saturated rings. The first-order valence-electron chi connectivity index (χ1n) is 13.3. The van der Waals surface area contributed by atoms with Gasteiger partial charge in [-0.1, -0.05) is 36.4 Å². The minimum atomic E-state index is -0.544. The Bertz CT molecular complexity index is 1740. The number of aromatic nitrogens is 2. The molecule has 0 saturated carbocycles. The van der Waals surface area contributed by atoms with Crippen molar-refractivity contribution in [2.24, 2.45) is 0 Å². The van der Waals surface area contributed by atoms with Gasteiger partial charge in [-0.2, -0.15) is 10.4 Å². The Morgan fingerprint density at radius 3 is 2.29 bits per heavy atom. The lowest BCUT2D eigenvalue weighted by Crippen LogP contribution is -2.13. The van der Waals surface area contributed by atoms with Crippen molar-refractivity contribution in [3.63, 3.8) is 0 Å². The minimum absolute atomic E-state index is 0.0809. The van der Waals surface area contributed by atoms with Crippen LogP contribution < -0.4 is 14.8 Å². The Kier molecular flexibility index (Phi) is 8.70. The number of carbonyl (C=O) groups is 1. The van der Waals surface area contributed by atoms with Crippen LogP contribution in [0.4, 0.5) is 10.1 Å². The van der Waals surface area contributed by atoms with E-state index in [1.54, 1.807) is 65.5 Å². The molecule has 0 unspecified atom stereocenters. The van der Waals surface area contributed by atoms with E-state index in [1.807, 2.05) is 55.5 Å². The number of carbonyl (C=O) groups excluding carboxylic acids is 1. The van der Waals surface area contributed by atoms with Gasteiger partial charge in [0.15, 0.2) is 0 Å². The summed E-state index contributed by atoms with van der Waals surface area (Å²) >= 11 is 0. The molecule has 208 valence electrons. The summed E-state index contributed by atoms with van der Waals surface area (Å²) in [6.45, 7) is 2.53. The molecule has 0 aliphatic carbocycles. The second-order valence-corrected chi connectivity index (χ2v) is 9.20. The molecule has 0 bridgehead atoms. The van der Waals surface area contributed by atoms with Crippen LogP contribution in [0, 0.1) is 17.1 Å². The zero-order valence-electron chi connectivity index (χ0n) is 22.8. The van der Waals surface area contributed by atoms with Gasteiger partial charge in [-0.3, -0.25) is 4.79 Å². The first kappa shape index (κ1) is 27.9.